The molecule has 1 aromatic heterocycles. The van der Waals surface area contributed by atoms with Gasteiger partial charge < -0.3 is 24.3 Å². The fourth-order valence-corrected chi connectivity index (χ4v) is 2.92. The van der Waals surface area contributed by atoms with E-state index in [4.69, 9.17) is 19.2 Å². The number of carbonyl (C=O) groups excluding carboxylic acids is 1. The highest BCUT2D eigenvalue weighted by Crippen LogP contribution is 2.43. The Balaban J connectivity index is 1.79. The number of hydrogen-bond acceptors (Lipinski definition) is 8. The maximum atomic E-state index is 11.7. The van der Waals surface area contributed by atoms with Crippen LogP contribution in [0, 0.1) is 0 Å². The van der Waals surface area contributed by atoms with Crippen molar-refractivity contribution in [2.75, 3.05) is 6.61 Å². The third-order valence-corrected chi connectivity index (χ3v) is 4.01. The Hall–Kier alpha value is -3.14. The number of carbonyl (C=O) groups is 2. The number of ether oxygens (including phenoxy) is 2. The van der Waals surface area contributed by atoms with Gasteiger partial charge in [0, 0.05) is 0 Å². The molecule has 140 valence electrons. The summed E-state index contributed by atoms with van der Waals surface area (Å²) < 4.78 is 16.0. The molecule has 1 aliphatic heterocycles. The molecule has 2 heterocycles. The molecule has 0 spiro atoms. The van der Waals surface area contributed by atoms with Crippen molar-refractivity contribution in [1.82, 2.24) is 9.97 Å². The summed E-state index contributed by atoms with van der Waals surface area (Å²) in [5, 5.41) is 19.0. The SMILES string of the molecule is CCOC(=O)CC1=C2C(C)=CC(Oc3cnc(C(=O)O)cn3)=CC2B(O)O1. The first kappa shape index (κ1) is 18.6. The minimum Gasteiger partial charge on any atom is -0.538 e. The molecule has 9 nitrogen and oxygen atoms in total. The van der Waals surface area contributed by atoms with Crippen molar-refractivity contribution in [3.63, 3.8) is 0 Å². The van der Waals surface area contributed by atoms with E-state index in [9.17, 15) is 14.6 Å². The molecular weight excluding hydrogens is 355 g/mol. The van der Waals surface area contributed by atoms with Crippen LogP contribution in [0.4, 0.5) is 0 Å². The molecule has 1 unspecified atom stereocenters. The monoisotopic (exact) mass is 372 g/mol. The molecule has 0 aromatic carbocycles. The van der Waals surface area contributed by atoms with Crippen LogP contribution in [-0.4, -0.2) is 45.8 Å². The maximum absolute atomic E-state index is 11.7. The molecule has 27 heavy (non-hydrogen) atoms. The van der Waals surface area contributed by atoms with Crippen molar-refractivity contribution in [3.8, 4) is 5.88 Å². The number of esters is 1. The first-order valence-corrected chi connectivity index (χ1v) is 8.26. The van der Waals surface area contributed by atoms with Crippen molar-refractivity contribution < 1.29 is 33.8 Å². The number of nitrogens with zero attached hydrogens (tertiary/aromatic N) is 2. The second kappa shape index (κ2) is 7.62. The summed E-state index contributed by atoms with van der Waals surface area (Å²) in [6, 6.07) is 0. The van der Waals surface area contributed by atoms with Crippen molar-refractivity contribution in [3.05, 3.63) is 52.9 Å². The highest BCUT2D eigenvalue weighted by molar-refractivity contribution is 6.48. The Morgan fingerprint density at radius 3 is 2.74 bits per heavy atom. The molecule has 1 atom stereocenters. The largest absolute Gasteiger partial charge is 0.538 e. The first-order valence-electron chi connectivity index (χ1n) is 8.26. The van der Waals surface area contributed by atoms with Gasteiger partial charge in [0.25, 0.3) is 0 Å². The summed E-state index contributed by atoms with van der Waals surface area (Å²) in [7, 11) is -1.15. The number of allylic oxidation sites excluding steroid dienone is 4. The van der Waals surface area contributed by atoms with Crippen LogP contribution in [-0.2, 0) is 14.2 Å². The first-order chi connectivity index (χ1) is 12.9. The molecule has 0 amide bonds. The van der Waals surface area contributed by atoms with Crippen LogP contribution in [0.2, 0.25) is 5.82 Å². The number of carboxylic acid groups (broad SMARTS) is 1. The summed E-state index contributed by atoms with van der Waals surface area (Å²) >= 11 is 0. The lowest BCUT2D eigenvalue weighted by atomic mass is 9.67. The third-order valence-electron chi connectivity index (χ3n) is 4.01. The summed E-state index contributed by atoms with van der Waals surface area (Å²) in [4.78, 5) is 30.2. The number of aromatic nitrogens is 2. The van der Waals surface area contributed by atoms with Gasteiger partial charge in [0.2, 0.25) is 5.88 Å². The molecule has 3 rings (SSSR count). The van der Waals surface area contributed by atoms with Crippen molar-refractivity contribution in [1.29, 1.82) is 0 Å². The van der Waals surface area contributed by atoms with Crippen molar-refractivity contribution in [2.24, 2.45) is 0 Å². The van der Waals surface area contributed by atoms with Crippen LogP contribution >= 0.6 is 0 Å². The van der Waals surface area contributed by atoms with Crippen LogP contribution in [0.1, 0.15) is 30.8 Å². The molecule has 0 saturated heterocycles. The fourth-order valence-electron chi connectivity index (χ4n) is 2.92. The van der Waals surface area contributed by atoms with Crippen molar-refractivity contribution >= 4 is 19.1 Å². The lowest BCUT2D eigenvalue weighted by Crippen LogP contribution is -2.20. The average Bonchev–Trinajstić information content (AvgIpc) is 2.91. The summed E-state index contributed by atoms with van der Waals surface area (Å²) in [5.41, 5.74) is 1.29. The van der Waals surface area contributed by atoms with Crippen LogP contribution in [0.15, 0.2) is 47.2 Å². The molecule has 2 N–H and O–H groups in total. The van der Waals surface area contributed by atoms with Gasteiger partial charge in [-0.25, -0.2) is 14.8 Å². The zero-order chi connectivity index (χ0) is 19.6. The van der Waals surface area contributed by atoms with E-state index in [-0.39, 0.29) is 24.6 Å². The molecular formula is C17H17BN2O7. The smallest absolute Gasteiger partial charge is 0.534 e. The molecule has 0 saturated carbocycles. The predicted molar refractivity (Wildman–Crippen MR) is 92.5 cm³/mol. The van der Waals surface area contributed by atoms with E-state index in [0.717, 1.165) is 17.3 Å². The van der Waals surface area contributed by atoms with E-state index in [1.165, 1.54) is 6.20 Å². The van der Waals surface area contributed by atoms with Gasteiger partial charge >= 0.3 is 19.1 Å². The van der Waals surface area contributed by atoms with Gasteiger partial charge in [-0.3, -0.25) is 4.79 Å². The standard InChI is InChI=1S/C17H17BN2O7/c1-3-25-15(21)6-13-16-9(2)4-10(5-11(16)18(24)27-13)26-14-8-19-12(7-20-14)17(22)23/h4-5,7-8,11,24H,3,6H2,1-2H3,(H,22,23). The second-order valence-corrected chi connectivity index (χ2v) is 5.90. The molecule has 0 bridgehead atoms. The second-order valence-electron chi connectivity index (χ2n) is 5.90. The van der Waals surface area contributed by atoms with Crippen LogP contribution < -0.4 is 4.74 Å². The lowest BCUT2D eigenvalue weighted by Gasteiger charge is -2.18. The number of aromatic carboxylic acids is 1. The zero-order valence-corrected chi connectivity index (χ0v) is 14.7. The van der Waals surface area contributed by atoms with E-state index < -0.39 is 24.9 Å². The Kier molecular flexibility index (Phi) is 5.27. The molecule has 10 heteroatoms. The van der Waals surface area contributed by atoms with Crippen LogP contribution in [0.25, 0.3) is 0 Å². The molecule has 2 aliphatic rings. The topological polar surface area (TPSA) is 128 Å². The zero-order valence-electron chi connectivity index (χ0n) is 14.7. The van der Waals surface area contributed by atoms with E-state index in [0.29, 0.717) is 11.5 Å². The minimum atomic E-state index is -1.18. The molecule has 1 aromatic rings. The number of fused-ring (bicyclic) bond motifs is 1. The Bertz CT molecular complexity index is 861. The van der Waals surface area contributed by atoms with Gasteiger partial charge in [-0.2, -0.15) is 0 Å². The van der Waals surface area contributed by atoms with Gasteiger partial charge in [-0.1, -0.05) is 0 Å². The van der Waals surface area contributed by atoms with Gasteiger partial charge in [-0.05, 0) is 37.1 Å². The van der Waals surface area contributed by atoms with Gasteiger partial charge in [0.05, 0.1) is 30.6 Å². The quantitative estimate of drug-likeness (QED) is 0.564. The maximum Gasteiger partial charge on any atom is 0.534 e. The van der Waals surface area contributed by atoms with Crippen LogP contribution in [0.5, 0.6) is 5.88 Å². The summed E-state index contributed by atoms with van der Waals surface area (Å²) in [5.74, 6) is -1.22. The Morgan fingerprint density at radius 1 is 1.33 bits per heavy atom. The summed E-state index contributed by atoms with van der Waals surface area (Å²) in [6.45, 7) is 3.79. The highest BCUT2D eigenvalue weighted by Gasteiger charge is 2.43. The third kappa shape index (κ3) is 4.00. The van der Waals surface area contributed by atoms with E-state index >= 15 is 0 Å². The van der Waals surface area contributed by atoms with E-state index in [2.05, 4.69) is 9.97 Å². The summed E-state index contributed by atoms with van der Waals surface area (Å²) in [6.07, 6.45) is 5.59. The number of hydrogen-bond donors (Lipinski definition) is 2. The van der Waals surface area contributed by atoms with Crippen LogP contribution in [0.3, 0.4) is 0 Å². The Morgan fingerprint density at radius 2 is 2.11 bits per heavy atom. The number of carboxylic acids is 1. The number of rotatable bonds is 6. The minimum absolute atomic E-state index is 0.0614. The van der Waals surface area contributed by atoms with Crippen molar-refractivity contribution in [2.45, 2.75) is 26.1 Å². The molecule has 0 radical (unpaired) electrons. The normalized spacial score (nSPS) is 18.3. The molecule has 0 fully saturated rings. The lowest BCUT2D eigenvalue weighted by molar-refractivity contribution is -0.142. The Labute approximate surface area is 155 Å². The molecule has 1 aliphatic carbocycles. The highest BCUT2D eigenvalue weighted by atomic mass is 16.5. The van der Waals surface area contributed by atoms with Gasteiger partial charge in [0.15, 0.2) is 5.69 Å². The average molecular weight is 372 g/mol. The fraction of sp³-hybridized carbons (Fsp3) is 0.294. The van der Waals surface area contributed by atoms with E-state index in [1.54, 1.807) is 19.1 Å². The van der Waals surface area contributed by atoms with E-state index in [1.807, 2.05) is 6.92 Å². The predicted octanol–water partition coefficient (Wildman–Crippen LogP) is 1.49. The van der Waals surface area contributed by atoms with Gasteiger partial charge in [-0.15, -0.1) is 0 Å². The van der Waals surface area contributed by atoms with Gasteiger partial charge in [0.1, 0.15) is 12.2 Å².